The number of carbonyl (C=O) groups excluding carboxylic acids is 2. The van der Waals surface area contributed by atoms with E-state index >= 15 is 0 Å². The van der Waals surface area contributed by atoms with Crippen LogP contribution in [0.4, 0.5) is 5.69 Å². The molecule has 1 heterocycles. The van der Waals surface area contributed by atoms with E-state index in [9.17, 15) is 9.59 Å². The zero-order valence-corrected chi connectivity index (χ0v) is 22.1. The first-order valence-electron chi connectivity index (χ1n) is 13.3. The standard InChI is InChI=1S/C30H37N3O4/c1-19-15-24(31-3)16-20(2)28(19)29(34)33-27(30(35)36-4)13-14-37-25-17-21(18-25)9-11-23-12-10-22-7-5-6-8-26(22)32-23/h10,12,15-16,21,25,27H,5-9,11,13-14,17-18H2,1-2,4H3,(H,33,34). The molecule has 0 radical (unpaired) electrons. The first kappa shape index (κ1) is 26.8. The molecule has 1 aromatic heterocycles. The molecule has 1 aromatic carbocycles. The van der Waals surface area contributed by atoms with E-state index in [1.54, 1.807) is 26.0 Å². The molecule has 2 aliphatic rings. The minimum atomic E-state index is -0.789. The number of carbonyl (C=O) groups is 2. The van der Waals surface area contributed by atoms with E-state index in [1.807, 2.05) is 0 Å². The molecule has 2 aromatic rings. The molecule has 0 spiro atoms. The summed E-state index contributed by atoms with van der Waals surface area (Å²) in [6.45, 7) is 11.2. The van der Waals surface area contributed by atoms with Gasteiger partial charge in [-0.3, -0.25) is 9.78 Å². The molecule has 0 saturated heterocycles. The van der Waals surface area contributed by atoms with Crippen LogP contribution in [0.3, 0.4) is 0 Å². The van der Waals surface area contributed by atoms with Crippen LogP contribution in [0.5, 0.6) is 0 Å². The smallest absolute Gasteiger partial charge is 0.328 e. The second kappa shape index (κ2) is 12.3. The number of aryl methyl sites for hydroxylation is 5. The van der Waals surface area contributed by atoms with Crippen molar-refractivity contribution in [3.63, 3.8) is 0 Å². The zero-order chi connectivity index (χ0) is 26.4. The van der Waals surface area contributed by atoms with Gasteiger partial charge in [0.25, 0.3) is 5.91 Å². The maximum absolute atomic E-state index is 13.0. The lowest BCUT2D eigenvalue weighted by Gasteiger charge is -2.35. The third-order valence-corrected chi connectivity index (χ3v) is 7.66. The third-order valence-electron chi connectivity index (χ3n) is 7.66. The van der Waals surface area contributed by atoms with Crippen LogP contribution >= 0.6 is 0 Å². The Morgan fingerprint density at radius 2 is 1.89 bits per heavy atom. The van der Waals surface area contributed by atoms with Crippen molar-refractivity contribution in [3.05, 3.63) is 69.3 Å². The molecule has 1 unspecified atom stereocenters. The summed E-state index contributed by atoms with van der Waals surface area (Å²) in [5, 5.41) is 2.80. The topological polar surface area (TPSA) is 81.9 Å². The summed E-state index contributed by atoms with van der Waals surface area (Å²) >= 11 is 0. The number of aromatic nitrogens is 1. The molecule has 0 bridgehead atoms. The van der Waals surface area contributed by atoms with E-state index in [4.69, 9.17) is 21.0 Å². The van der Waals surface area contributed by atoms with Crippen molar-refractivity contribution in [3.8, 4) is 0 Å². The molecule has 1 amide bonds. The number of benzene rings is 1. The predicted molar refractivity (Wildman–Crippen MR) is 142 cm³/mol. The van der Waals surface area contributed by atoms with Gasteiger partial charge < -0.3 is 14.8 Å². The fourth-order valence-electron chi connectivity index (χ4n) is 5.50. The number of esters is 1. The van der Waals surface area contributed by atoms with Crippen LogP contribution in [0.25, 0.3) is 4.85 Å². The average molecular weight is 504 g/mol. The van der Waals surface area contributed by atoms with Crippen molar-refractivity contribution in [1.29, 1.82) is 0 Å². The number of hydrogen-bond acceptors (Lipinski definition) is 5. The van der Waals surface area contributed by atoms with Crippen LogP contribution < -0.4 is 5.32 Å². The lowest BCUT2D eigenvalue weighted by atomic mass is 9.79. The van der Waals surface area contributed by atoms with Crippen molar-refractivity contribution in [2.75, 3.05) is 13.7 Å². The summed E-state index contributed by atoms with van der Waals surface area (Å²) in [5.74, 6) is -0.196. The Morgan fingerprint density at radius 1 is 1.16 bits per heavy atom. The SMILES string of the molecule is [C-]#[N+]c1cc(C)c(C(=O)NC(CCOC2CC(CCc3ccc4c(n3)CCCC4)C2)C(=O)OC)c(C)c1. The van der Waals surface area contributed by atoms with Gasteiger partial charge in [-0.25, -0.2) is 9.64 Å². The van der Waals surface area contributed by atoms with Crippen molar-refractivity contribution in [2.45, 2.75) is 83.8 Å². The van der Waals surface area contributed by atoms with E-state index in [1.165, 1.54) is 43.3 Å². The molecule has 0 aliphatic heterocycles. The van der Waals surface area contributed by atoms with Crippen LogP contribution in [0.2, 0.25) is 0 Å². The van der Waals surface area contributed by atoms with Gasteiger partial charge in [0.1, 0.15) is 6.04 Å². The number of hydrogen-bond donors (Lipinski definition) is 1. The summed E-state index contributed by atoms with van der Waals surface area (Å²) in [6.07, 6.45) is 9.52. The minimum absolute atomic E-state index is 0.196. The van der Waals surface area contributed by atoms with E-state index < -0.39 is 12.0 Å². The number of nitrogens with zero attached hydrogens (tertiary/aromatic N) is 2. The first-order valence-corrected chi connectivity index (χ1v) is 13.3. The van der Waals surface area contributed by atoms with Crippen molar-refractivity contribution in [1.82, 2.24) is 10.3 Å². The largest absolute Gasteiger partial charge is 0.467 e. The second-order valence-corrected chi connectivity index (χ2v) is 10.4. The van der Waals surface area contributed by atoms with Gasteiger partial charge >= 0.3 is 5.97 Å². The number of ether oxygens (including phenoxy) is 2. The van der Waals surface area contributed by atoms with Gasteiger partial charge in [0, 0.05) is 30.0 Å². The van der Waals surface area contributed by atoms with E-state index in [-0.39, 0.29) is 12.0 Å². The highest BCUT2D eigenvalue weighted by Crippen LogP contribution is 2.34. The highest BCUT2D eigenvalue weighted by molar-refractivity contribution is 5.99. The fraction of sp³-hybridized carbons (Fsp3) is 0.533. The van der Waals surface area contributed by atoms with Gasteiger partial charge in [0.2, 0.25) is 0 Å². The Bertz CT molecular complexity index is 1160. The number of pyridine rings is 1. The lowest BCUT2D eigenvalue weighted by molar-refractivity contribution is -0.143. The quantitative estimate of drug-likeness (QED) is 0.355. The van der Waals surface area contributed by atoms with Crippen LogP contribution in [0, 0.1) is 26.3 Å². The number of nitrogens with one attached hydrogen (secondary N) is 1. The molecule has 1 saturated carbocycles. The van der Waals surface area contributed by atoms with Gasteiger partial charge in [-0.2, -0.15) is 0 Å². The van der Waals surface area contributed by atoms with E-state index in [0.29, 0.717) is 41.3 Å². The van der Waals surface area contributed by atoms with Crippen LogP contribution in [-0.2, 0) is 33.5 Å². The van der Waals surface area contributed by atoms with Crippen LogP contribution in [-0.4, -0.2) is 42.7 Å². The molecular formula is C30H37N3O4. The number of methoxy groups -OCH3 is 1. The second-order valence-electron chi connectivity index (χ2n) is 10.4. The monoisotopic (exact) mass is 503 g/mol. The normalized spacial score (nSPS) is 19.2. The number of amides is 1. The van der Waals surface area contributed by atoms with Crippen molar-refractivity contribution < 1.29 is 19.1 Å². The molecule has 4 rings (SSSR count). The van der Waals surface area contributed by atoms with E-state index in [2.05, 4.69) is 22.3 Å². The highest BCUT2D eigenvalue weighted by atomic mass is 16.5. The maximum atomic E-state index is 13.0. The Hall–Kier alpha value is -3.24. The van der Waals surface area contributed by atoms with E-state index in [0.717, 1.165) is 32.1 Å². The summed E-state index contributed by atoms with van der Waals surface area (Å²) < 4.78 is 10.9. The maximum Gasteiger partial charge on any atom is 0.328 e. The Labute approximate surface area is 219 Å². The van der Waals surface area contributed by atoms with Crippen LogP contribution in [0.15, 0.2) is 24.3 Å². The molecule has 7 nitrogen and oxygen atoms in total. The van der Waals surface area contributed by atoms with Crippen molar-refractivity contribution >= 4 is 17.6 Å². The molecule has 1 fully saturated rings. The molecule has 37 heavy (non-hydrogen) atoms. The van der Waals surface area contributed by atoms with Crippen LogP contribution in [0.1, 0.15) is 77.0 Å². The van der Waals surface area contributed by atoms with Gasteiger partial charge in [0.05, 0.1) is 19.8 Å². The Balaban J connectivity index is 1.21. The number of rotatable bonds is 10. The first-order chi connectivity index (χ1) is 17.9. The van der Waals surface area contributed by atoms with Gasteiger partial charge in [0.15, 0.2) is 5.69 Å². The molecule has 1 N–H and O–H groups in total. The zero-order valence-electron chi connectivity index (χ0n) is 22.1. The Morgan fingerprint density at radius 3 is 2.59 bits per heavy atom. The van der Waals surface area contributed by atoms with Gasteiger partial charge in [-0.05, 0) is 93.9 Å². The van der Waals surface area contributed by atoms with Gasteiger partial charge in [-0.15, -0.1) is 0 Å². The third kappa shape index (κ3) is 6.75. The molecule has 2 aliphatic carbocycles. The summed E-state index contributed by atoms with van der Waals surface area (Å²) in [6, 6.07) is 7.04. The Kier molecular flexibility index (Phi) is 8.94. The minimum Gasteiger partial charge on any atom is -0.467 e. The summed E-state index contributed by atoms with van der Waals surface area (Å²) in [5.41, 5.74) is 6.31. The van der Waals surface area contributed by atoms with Crippen molar-refractivity contribution in [2.24, 2.45) is 5.92 Å². The summed E-state index contributed by atoms with van der Waals surface area (Å²) in [4.78, 5) is 33.6. The molecule has 7 heteroatoms. The molecule has 196 valence electrons. The number of fused-ring (bicyclic) bond motifs is 1. The highest BCUT2D eigenvalue weighted by Gasteiger charge is 2.30. The molecule has 1 atom stereocenters. The molecular weight excluding hydrogens is 466 g/mol. The van der Waals surface area contributed by atoms with Gasteiger partial charge in [-0.1, -0.05) is 18.2 Å². The summed E-state index contributed by atoms with van der Waals surface area (Å²) in [7, 11) is 1.32. The fourth-order valence-corrected chi connectivity index (χ4v) is 5.50. The predicted octanol–water partition coefficient (Wildman–Crippen LogP) is 5.22. The lowest BCUT2D eigenvalue weighted by Crippen LogP contribution is -2.43. The average Bonchev–Trinajstić information content (AvgIpc) is 2.87.